The van der Waals surface area contributed by atoms with Gasteiger partial charge >= 0.3 is 5.00 Å². The maximum absolute atomic E-state index is 10.5. The van der Waals surface area contributed by atoms with Crippen LogP contribution in [-0.4, -0.2) is 9.85 Å². The van der Waals surface area contributed by atoms with E-state index in [-0.39, 0.29) is 10.7 Å². The molecule has 1 N–H and O–H groups in total. The summed E-state index contributed by atoms with van der Waals surface area (Å²) < 4.78 is 0. The summed E-state index contributed by atoms with van der Waals surface area (Å²) in [5, 5.41) is 26.0. The van der Waals surface area contributed by atoms with Crippen LogP contribution in [0.2, 0.25) is 0 Å². The van der Waals surface area contributed by atoms with E-state index in [0.717, 1.165) is 22.5 Å². The number of rotatable bonds is 6. The van der Waals surface area contributed by atoms with Crippen molar-refractivity contribution in [2.24, 2.45) is 0 Å². The van der Waals surface area contributed by atoms with Gasteiger partial charge in [0.25, 0.3) is 5.69 Å². The minimum Gasteiger partial charge on any atom is -0.309 e. The first-order valence-electron chi connectivity index (χ1n) is 5.72. The highest BCUT2D eigenvalue weighted by Crippen LogP contribution is 2.22. The Morgan fingerprint density at radius 1 is 1.00 bits per heavy atom. The molecule has 0 saturated carbocycles. The van der Waals surface area contributed by atoms with Gasteiger partial charge in [-0.2, -0.15) is 0 Å². The van der Waals surface area contributed by atoms with Crippen molar-refractivity contribution in [2.75, 3.05) is 0 Å². The van der Waals surface area contributed by atoms with Gasteiger partial charge in [-0.1, -0.05) is 23.5 Å². The lowest BCUT2D eigenvalue weighted by atomic mass is 10.2. The quantitative estimate of drug-likeness (QED) is 0.652. The van der Waals surface area contributed by atoms with Crippen molar-refractivity contribution in [1.29, 1.82) is 0 Å². The van der Waals surface area contributed by atoms with Crippen LogP contribution < -0.4 is 5.32 Å². The van der Waals surface area contributed by atoms with Gasteiger partial charge in [-0.15, -0.1) is 0 Å². The molecule has 1 heterocycles. The molecule has 0 atom stereocenters. The van der Waals surface area contributed by atoms with Crippen LogP contribution in [0.25, 0.3) is 0 Å². The molecule has 0 bridgehead atoms. The van der Waals surface area contributed by atoms with E-state index in [2.05, 4.69) is 5.32 Å². The molecule has 0 aliphatic carbocycles. The van der Waals surface area contributed by atoms with Gasteiger partial charge in [0.05, 0.1) is 9.85 Å². The van der Waals surface area contributed by atoms with Crippen molar-refractivity contribution in [3.8, 4) is 0 Å². The fraction of sp³-hybridized carbons (Fsp3) is 0.167. The molecule has 2 rings (SSSR count). The molecule has 0 amide bonds. The molecule has 0 aliphatic heterocycles. The SMILES string of the molecule is O=[N+]([O-])c1ccc(CNCc2csc([N+](=O)[O-])c2)cc1. The Hall–Kier alpha value is -2.32. The standard InChI is InChI=1S/C12H11N3O4S/c16-14(17)11-3-1-9(2-4-11)6-13-7-10-5-12(15(18)19)20-8-10/h1-5,8,13H,6-7H2. The van der Waals surface area contributed by atoms with E-state index in [0.29, 0.717) is 13.1 Å². The normalized spacial score (nSPS) is 10.4. The second kappa shape index (κ2) is 6.22. The van der Waals surface area contributed by atoms with E-state index >= 15 is 0 Å². The number of hydrogen-bond donors (Lipinski definition) is 1. The molecule has 8 heteroatoms. The molecule has 1 aromatic heterocycles. The Labute approximate surface area is 118 Å². The van der Waals surface area contributed by atoms with Crippen LogP contribution in [0, 0.1) is 20.2 Å². The van der Waals surface area contributed by atoms with Crippen LogP contribution in [-0.2, 0) is 13.1 Å². The van der Waals surface area contributed by atoms with Gasteiger partial charge in [0.1, 0.15) is 0 Å². The summed E-state index contributed by atoms with van der Waals surface area (Å²) in [6.45, 7) is 1.06. The Bertz CT molecular complexity index is 624. The zero-order valence-electron chi connectivity index (χ0n) is 10.3. The predicted octanol–water partition coefficient (Wildman–Crippen LogP) is 2.85. The maximum Gasteiger partial charge on any atom is 0.324 e. The van der Waals surface area contributed by atoms with Crippen molar-refractivity contribution < 1.29 is 9.85 Å². The van der Waals surface area contributed by atoms with Gasteiger partial charge in [0.2, 0.25) is 0 Å². The van der Waals surface area contributed by atoms with E-state index < -0.39 is 9.85 Å². The summed E-state index contributed by atoms with van der Waals surface area (Å²) in [5.41, 5.74) is 1.83. The lowest BCUT2D eigenvalue weighted by molar-refractivity contribution is -0.384. The van der Waals surface area contributed by atoms with Crippen LogP contribution in [0.3, 0.4) is 0 Å². The van der Waals surface area contributed by atoms with Crippen molar-refractivity contribution in [3.05, 3.63) is 67.1 Å². The van der Waals surface area contributed by atoms with Crippen LogP contribution in [0.5, 0.6) is 0 Å². The van der Waals surface area contributed by atoms with E-state index in [9.17, 15) is 20.2 Å². The number of nitro groups is 2. The molecule has 20 heavy (non-hydrogen) atoms. The van der Waals surface area contributed by atoms with Gasteiger partial charge in [0.15, 0.2) is 0 Å². The lowest BCUT2D eigenvalue weighted by Gasteiger charge is -2.03. The van der Waals surface area contributed by atoms with Crippen LogP contribution in [0.1, 0.15) is 11.1 Å². The molecule has 0 aliphatic rings. The smallest absolute Gasteiger partial charge is 0.309 e. The molecular formula is C12H11N3O4S. The van der Waals surface area contributed by atoms with E-state index in [1.807, 2.05) is 0 Å². The first-order valence-corrected chi connectivity index (χ1v) is 6.60. The fourth-order valence-corrected chi connectivity index (χ4v) is 2.37. The average Bonchev–Trinajstić information content (AvgIpc) is 2.88. The molecule has 0 spiro atoms. The molecule has 0 saturated heterocycles. The van der Waals surface area contributed by atoms with Crippen LogP contribution in [0.15, 0.2) is 35.7 Å². The minimum atomic E-state index is -0.443. The summed E-state index contributed by atoms with van der Waals surface area (Å²) in [6, 6.07) is 7.80. The first kappa shape index (κ1) is 14.1. The molecule has 104 valence electrons. The number of nitrogens with zero attached hydrogens (tertiary/aromatic N) is 2. The number of benzene rings is 1. The third-order valence-electron chi connectivity index (χ3n) is 2.63. The van der Waals surface area contributed by atoms with E-state index in [1.54, 1.807) is 17.5 Å². The van der Waals surface area contributed by atoms with Crippen molar-refractivity contribution in [1.82, 2.24) is 5.32 Å². The molecule has 1 aromatic carbocycles. The Morgan fingerprint density at radius 2 is 1.65 bits per heavy atom. The number of hydrogen-bond acceptors (Lipinski definition) is 6. The van der Waals surface area contributed by atoms with Crippen LogP contribution >= 0.6 is 11.3 Å². The molecular weight excluding hydrogens is 282 g/mol. The molecule has 0 fully saturated rings. The summed E-state index contributed by atoms with van der Waals surface area (Å²) in [4.78, 5) is 20.2. The third-order valence-corrected chi connectivity index (χ3v) is 3.55. The van der Waals surface area contributed by atoms with Crippen molar-refractivity contribution >= 4 is 22.0 Å². The van der Waals surface area contributed by atoms with Gasteiger partial charge in [-0.05, 0) is 11.1 Å². The Kier molecular flexibility index (Phi) is 4.38. The monoisotopic (exact) mass is 293 g/mol. The second-order valence-corrected chi connectivity index (χ2v) is 4.97. The second-order valence-electron chi connectivity index (χ2n) is 4.08. The van der Waals surface area contributed by atoms with Gasteiger partial charge in [-0.25, -0.2) is 0 Å². The number of non-ortho nitro benzene ring substituents is 1. The molecule has 7 nitrogen and oxygen atoms in total. The van der Waals surface area contributed by atoms with Crippen molar-refractivity contribution in [3.63, 3.8) is 0 Å². The highest BCUT2D eigenvalue weighted by Gasteiger charge is 2.09. The van der Waals surface area contributed by atoms with Gasteiger partial charge < -0.3 is 5.32 Å². The highest BCUT2D eigenvalue weighted by atomic mass is 32.1. The zero-order chi connectivity index (χ0) is 14.5. The number of thiophene rings is 1. The lowest BCUT2D eigenvalue weighted by Crippen LogP contribution is -2.12. The molecule has 0 unspecified atom stereocenters. The molecule has 0 radical (unpaired) electrons. The molecule has 2 aromatic rings. The van der Waals surface area contributed by atoms with E-state index in [4.69, 9.17) is 0 Å². The van der Waals surface area contributed by atoms with Crippen molar-refractivity contribution in [2.45, 2.75) is 13.1 Å². The zero-order valence-corrected chi connectivity index (χ0v) is 11.1. The summed E-state index contributed by atoms with van der Waals surface area (Å²) in [5.74, 6) is 0. The summed E-state index contributed by atoms with van der Waals surface area (Å²) in [6.07, 6.45) is 0. The van der Waals surface area contributed by atoms with Crippen LogP contribution in [0.4, 0.5) is 10.7 Å². The van der Waals surface area contributed by atoms with Gasteiger partial charge in [-0.3, -0.25) is 20.2 Å². The predicted molar refractivity (Wildman–Crippen MR) is 74.6 cm³/mol. The Balaban J connectivity index is 1.85. The number of nitro benzene ring substituents is 1. The third kappa shape index (κ3) is 3.59. The fourth-order valence-electron chi connectivity index (χ4n) is 1.64. The first-order chi connectivity index (χ1) is 9.56. The summed E-state index contributed by atoms with van der Waals surface area (Å²) in [7, 11) is 0. The minimum absolute atomic E-state index is 0.0576. The average molecular weight is 293 g/mol. The number of nitrogens with one attached hydrogen (secondary N) is 1. The topological polar surface area (TPSA) is 98.3 Å². The summed E-state index contributed by atoms with van der Waals surface area (Å²) >= 11 is 1.10. The largest absolute Gasteiger partial charge is 0.324 e. The maximum atomic E-state index is 10.5. The highest BCUT2D eigenvalue weighted by molar-refractivity contribution is 7.13. The Morgan fingerprint density at radius 3 is 2.20 bits per heavy atom. The van der Waals surface area contributed by atoms with Gasteiger partial charge in [0, 0.05) is 36.7 Å². The van der Waals surface area contributed by atoms with E-state index in [1.165, 1.54) is 18.2 Å².